The standard InChI is InChI=1S/C19H18N2O3/c1-12(2)20-17(22)11-21-16-10-6-5-9-15(16)18(23)13-7-3-4-8-14(13)19(21)24/h3-10,12H,11H2,1-2H3,(H,20,22). The van der Waals surface area contributed by atoms with E-state index in [1.807, 2.05) is 13.8 Å². The van der Waals surface area contributed by atoms with Crippen LogP contribution in [0.4, 0.5) is 0 Å². The predicted octanol–water partition coefficient (Wildman–Crippen LogP) is 2.04. The van der Waals surface area contributed by atoms with Crippen LogP contribution >= 0.6 is 0 Å². The Labute approximate surface area is 138 Å². The van der Waals surface area contributed by atoms with Crippen molar-refractivity contribution in [2.75, 3.05) is 0 Å². The first-order chi connectivity index (χ1) is 11.5. The minimum atomic E-state index is -0.345. The number of nitrogens with one attached hydrogen (secondary N) is 1. The Balaban J connectivity index is 2.40. The first-order valence-corrected chi connectivity index (χ1v) is 7.83. The fourth-order valence-electron chi connectivity index (χ4n) is 2.84. The first-order valence-electron chi connectivity index (χ1n) is 7.83. The van der Waals surface area contributed by atoms with Gasteiger partial charge in [0.2, 0.25) is 5.91 Å². The lowest BCUT2D eigenvalue weighted by Gasteiger charge is -2.10. The highest BCUT2D eigenvalue weighted by Gasteiger charge is 2.13. The molecular weight excluding hydrogens is 304 g/mol. The summed E-state index contributed by atoms with van der Waals surface area (Å²) in [6.45, 7) is 3.58. The molecule has 1 amide bonds. The molecule has 3 rings (SSSR count). The average Bonchev–Trinajstić information content (AvgIpc) is 2.65. The van der Waals surface area contributed by atoms with E-state index in [9.17, 15) is 14.4 Å². The summed E-state index contributed by atoms with van der Waals surface area (Å²) in [4.78, 5) is 38.0. The molecule has 0 radical (unpaired) electrons. The van der Waals surface area contributed by atoms with Crippen LogP contribution in [0.5, 0.6) is 0 Å². The van der Waals surface area contributed by atoms with Gasteiger partial charge >= 0.3 is 0 Å². The zero-order valence-corrected chi connectivity index (χ0v) is 13.6. The van der Waals surface area contributed by atoms with E-state index < -0.39 is 0 Å². The zero-order valence-electron chi connectivity index (χ0n) is 13.6. The second kappa shape index (κ2) is 6.28. The molecule has 0 bridgehead atoms. The summed E-state index contributed by atoms with van der Waals surface area (Å²) in [5.41, 5.74) is -0.0910. The number of nitrogens with zero attached hydrogens (tertiary/aromatic N) is 1. The highest BCUT2D eigenvalue weighted by Crippen LogP contribution is 2.12. The Morgan fingerprint density at radius 2 is 1.54 bits per heavy atom. The Morgan fingerprint density at radius 1 is 0.958 bits per heavy atom. The van der Waals surface area contributed by atoms with Crippen molar-refractivity contribution >= 4 is 27.6 Å². The third-order valence-electron chi connectivity index (χ3n) is 3.84. The molecule has 0 aliphatic heterocycles. The van der Waals surface area contributed by atoms with Crippen molar-refractivity contribution in [2.24, 2.45) is 0 Å². The number of carbonyl (C=O) groups excluding carboxylic acids is 1. The first kappa shape index (κ1) is 15.9. The lowest BCUT2D eigenvalue weighted by atomic mass is 10.1. The molecule has 0 spiro atoms. The number of amides is 1. The third kappa shape index (κ3) is 2.80. The smallest absolute Gasteiger partial charge is 0.259 e. The molecule has 0 fully saturated rings. The summed E-state index contributed by atoms with van der Waals surface area (Å²) in [6.07, 6.45) is 0. The molecule has 5 nitrogen and oxygen atoms in total. The summed E-state index contributed by atoms with van der Waals surface area (Å²) >= 11 is 0. The fourth-order valence-corrected chi connectivity index (χ4v) is 2.84. The fraction of sp³-hybridized carbons (Fsp3) is 0.211. The van der Waals surface area contributed by atoms with Crippen molar-refractivity contribution in [1.29, 1.82) is 0 Å². The number of fused-ring (bicyclic) bond motifs is 2. The van der Waals surface area contributed by atoms with Gasteiger partial charge in [-0.3, -0.25) is 19.0 Å². The van der Waals surface area contributed by atoms with Gasteiger partial charge in [-0.25, -0.2) is 0 Å². The molecule has 0 aliphatic carbocycles. The molecule has 122 valence electrons. The molecule has 0 saturated carbocycles. The quantitative estimate of drug-likeness (QED) is 0.802. The van der Waals surface area contributed by atoms with Crippen molar-refractivity contribution in [3.05, 3.63) is 69.1 Å². The van der Waals surface area contributed by atoms with Gasteiger partial charge in [0.1, 0.15) is 6.54 Å². The Hall–Kier alpha value is -2.95. The molecule has 1 N–H and O–H groups in total. The predicted molar refractivity (Wildman–Crippen MR) is 95.3 cm³/mol. The summed E-state index contributed by atoms with van der Waals surface area (Å²) in [5.74, 6) is -0.264. The molecular formula is C19H18N2O3. The number of hydrogen-bond donors (Lipinski definition) is 1. The summed E-state index contributed by atoms with van der Waals surface area (Å²) in [6, 6.07) is 13.6. The largest absolute Gasteiger partial charge is 0.352 e. The monoisotopic (exact) mass is 322 g/mol. The number of carbonyl (C=O) groups is 1. The van der Waals surface area contributed by atoms with E-state index in [2.05, 4.69) is 5.32 Å². The van der Waals surface area contributed by atoms with Crippen molar-refractivity contribution < 1.29 is 4.79 Å². The number of hydrogen-bond acceptors (Lipinski definition) is 3. The van der Waals surface area contributed by atoms with Gasteiger partial charge in [-0.05, 0) is 32.0 Å². The lowest BCUT2D eigenvalue weighted by Crippen LogP contribution is -2.35. The molecule has 0 unspecified atom stereocenters. The van der Waals surface area contributed by atoms with Gasteiger partial charge in [0, 0.05) is 16.8 Å². The topological polar surface area (TPSA) is 68.2 Å². The van der Waals surface area contributed by atoms with Crippen LogP contribution < -0.4 is 16.3 Å². The maximum atomic E-state index is 13.0. The number of para-hydroxylation sites is 1. The zero-order chi connectivity index (χ0) is 17.3. The van der Waals surface area contributed by atoms with Crippen LogP contribution in [0.25, 0.3) is 21.7 Å². The van der Waals surface area contributed by atoms with Crippen LogP contribution in [0.1, 0.15) is 13.8 Å². The highest BCUT2D eigenvalue weighted by molar-refractivity contribution is 5.91. The van der Waals surface area contributed by atoms with Gasteiger partial charge in [-0.15, -0.1) is 0 Å². The Bertz CT molecular complexity index is 1050. The van der Waals surface area contributed by atoms with Crippen LogP contribution in [0, 0.1) is 0 Å². The van der Waals surface area contributed by atoms with Crippen LogP contribution in [0.15, 0.2) is 58.1 Å². The van der Waals surface area contributed by atoms with E-state index in [-0.39, 0.29) is 29.5 Å². The van der Waals surface area contributed by atoms with Crippen LogP contribution in [0.3, 0.4) is 0 Å². The van der Waals surface area contributed by atoms with Crippen molar-refractivity contribution in [3.8, 4) is 0 Å². The van der Waals surface area contributed by atoms with Gasteiger partial charge in [-0.1, -0.05) is 30.3 Å². The summed E-state index contributed by atoms with van der Waals surface area (Å²) < 4.78 is 1.37. The molecule has 2 aromatic carbocycles. The summed E-state index contributed by atoms with van der Waals surface area (Å²) in [5, 5.41) is 3.88. The number of benzene rings is 2. The van der Waals surface area contributed by atoms with Crippen molar-refractivity contribution in [3.63, 3.8) is 0 Å². The average molecular weight is 322 g/mol. The van der Waals surface area contributed by atoms with Crippen molar-refractivity contribution in [1.82, 2.24) is 9.88 Å². The lowest BCUT2D eigenvalue weighted by molar-refractivity contribution is -0.122. The van der Waals surface area contributed by atoms with E-state index in [0.29, 0.717) is 21.7 Å². The second-order valence-electron chi connectivity index (χ2n) is 6.01. The normalized spacial score (nSPS) is 11.1. The van der Waals surface area contributed by atoms with Gasteiger partial charge in [0.25, 0.3) is 5.56 Å². The van der Waals surface area contributed by atoms with Gasteiger partial charge < -0.3 is 5.32 Å². The summed E-state index contributed by atoms with van der Waals surface area (Å²) in [7, 11) is 0. The number of rotatable bonds is 3. The van der Waals surface area contributed by atoms with Gasteiger partial charge in [0.15, 0.2) is 5.43 Å². The Morgan fingerprint density at radius 3 is 2.21 bits per heavy atom. The minimum absolute atomic E-state index is 0.0243. The molecule has 24 heavy (non-hydrogen) atoms. The van der Waals surface area contributed by atoms with E-state index >= 15 is 0 Å². The molecule has 3 aromatic rings. The second-order valence-corrected chi connectivity index (χ2v) is 6.01. The minimum Gasteiger partial charge on any atom is -0.352 e. The van der Waals surface area contributed by atoms with E-state index in [1.54, 1.807) is 48.5 Å². The van der Waals surface area contributed by atoms with Crippen LogP contribution in [-0.2, 0) is 11.3 Å². The third-order valence-corrected chi connectivity index (χ3v) is 3.84. The number of aromatic nitrogens is 1. The molecule has 0 atom stereocenters. The van der Waals surface area contributed by atoms with E-state index in [4.69, 9.17) is 0 Å². The van der Waals surface area contributed by atoms with Crippen molar-refractivity contribution in [2.45, 2.75) is 26.4 Å². The Kier molecular flexibility index (Phi) is 4.16. The molecule has 0 saturated heterocycles. The SMILES string of the molecule is CC(C)NC(=O)Cn1c(=O)c2ccccc2c(=O)c2ccccc21. The highest BCUT2D eigenvalue weighted by atomic mass is 16.2. The molecule has 1 heterocycles. The molecule has 1 aromatic heterocycles. The van der Waals surface area contributed by atoms with Gasteiger partial charge in [-0.2, -0.15) is 0 Å². The van der Waals surface area contributed by atoms with E-state index in [1.165, 1.54) is 4.57 Å². The molecule has 5 heteroatoms. The van der Waals surface area contributed by atoms with E-state index in [0.717, 1.165) is 0 Å². The van der Waals surface area contributed by atoms with Crippen LogP contribution in [-0.4, -0.2) is 16.5 Å². The maximum Gasteiger partial charge on any atom is 0.259 e. The maximum absolute atomic E-state index is 13.0. The van der Waals surface area contributed by atoms with Crippen LogP contribution in [0.2, 0.25) is 0 Å². The molecule has 0 aliphatic rings. The van der Waals surface area contributed by atoms with Gasteiger partial charge in [0.05, 0.1) is 10.9 Å².